The molecule has 0 atom stereocenters. The normalized spacial score (nSPS) is 11.4. The number of fused-ring (bicyclic) bond motifs is 3. The SMILES string of the molecule is Fc1ccc(-n2nc(-c3ccccc3)c3cnc4cc(F)c(F)cc4c32)cc1. The van der Waals surface area contributed by atoms with Crippen LogP contribution in [-0.4, -0.2) is 14.8 Å². The maximum absolute atomic E-state index is 14.0. The maximum atomic E-state index is 14.0. The zero-order chi connectivity index (χ0) is 19.3. The second-order valence-electron chi connectivity index (χ2n) is 6.41. The monoisotopic (exact) mass is 375 g/mol. The van der Waals surface area contributed by atoms with Crippen molar-refractivity contribution in [3.8, 4) is 16.9 Å². The molecule has 6 heteroatoms. The van der Waals surface area contributed by atoms with E-state index in [0.717, 1.165) is 17.7 Å². The van der Waals surface area contributed by atoms with Gasteiger partial charge in [-0.1, -0.05) is 30.3 Å². The molecule has 0 fully saturated rings. The average molecular weight is 375 g/mol. The van der Waals surface area contributed by atoms with Crippen molar-refractivity contribution in [1.29, 1.82) is 0 Å². The van der Waals surface area contributed by atoms with Gasteiger partial charge in [0, 0.05) is 28.6 Å². The summed E-state index contributed by atoms with van der Waals surface area (Å²) in [5.74, 6) is -2.30. The molecule has 28 heavy (non-hydrogen) atoms. The van der Waals surface area contributed by atoms with Gasteiger partial charge in [0.05, 0.1) is 16.7 Å². The minimum Gasteiger partial charge on any atom is -0.255 e. The molecule has 0 N–H and O–H groups in total. The zero-order valence-corrected chi connectivity index (χ0v) is 14.4. The molecule has 0 unspecified atom stereocenters. The van der Waals surface area contributed by atoms with Crippen molar-refractivity contribution in [3.63, 3.8) is 0 Å². The van der Waals surface area contributed by atoms with Crippen LogP contribution in [0.5, 0.6) is 0 Å². The smallest absolute Gasteiger partial charge is 0.161 e. The summed E-state index contributed by atoms with van der Waals surface area (Å²) in [6.45, 7) is 0. The molecule has 0 spiro atoms. The number of benzene rings is 3. The second-order valence-corrected chi connectivity index (χ2v) is 6.41. The van der Waals surface area contributed by atoms with Gasteiger partial charge in [0.2, 0.25) is 0 Å². The van der Waals surface area contributed by atoms with Crippen LogP contribution in [0.2, 0.25) is 0 Å². The summed E-state index contributed by atoms with van der Waals surface area (Å²) >= 11 is 0. The Morgan fingerprint density at radius 2 is 1.46 bits per heavy atom. The van der Waals surface area contributed by atoms with Gasteiger partial charge in [-0.25, -0.2) is 17.9 Å². The van der Waals surface area contributed by atoms with Gasteiger partial charge in [0.25, 0.3) is 0 Å². The van der Waals surface area contributed by atoms with Crippen molar-refractivity contribution in [3.05, 3.63) is 90.4 Å². The number of hydrogen-bond acceptors (Lipinski definition) is 2. The van der Waals surface area contributed by atoms with Gasteiger partial charge >= 0.3 is 0 Å². The highest BCUT2D eigenvalue weighted by Gasteiger charge is 2.18. The van der Waals surface area contributed by atoms with Crippen LogP contribution in [0.1, 0.15) is 0 Å². The summed E-state index contributed by atoms with van der Waals surface area (Å²) in [7, 11) is 0. The number of pyridine rings is 1. The van der Waals surface area contributed by atoms with Crippen LogP contribution < -0.4 is 0 Å². The van der Waals surface area contributed by atoms with Gasteiger partial charge in [-0.15, -0.1) is 0 Å². The van der Waals surface area contributed by atoms with Crippen LogP contribution in [0.3, 0.4) is 0 Å². The predicted molar refractivity (Wildman–Crippen MR) is 102 cm³/mol. The van der Waals surface area contributed by atoms with E-state index >= 15 is 0 Å². The fourth-order valence-corrected chi connectivity index (χ4v) is 3.36. The van der Waals surface area contributed by atoms with Crippen LogP contribution in [0.15, 0.2) is 72.9 Å². The van der Waals surface area contributed by atoms with Crippen LogP contribution in [0.25, 0.3) is 38.8 Å². The fraction of sp³-hybridized carbons (Fsp3) is 0. The third-order valence-electron chi connectivity index (χ3n) is 4.67. The molecule has 5 aromatic rings. The van der Waals surface area contributed by atoms with E-state index in [4.69, 9.17) is 5.10 Å². The van der Waals surface area contributed by atoms with Gasteiger partial charge in [-0.2, -0.15) is 5.10 Å². The lowest BCUT2D eigenvalue weighted by molar-refractivity contribution is 0.511. The molecule has 0 saturated carbocycles. The second kappa shape index (κ2) is 6.20. The van der Waals surface area contributed by atoms with E-state index in [-0.39, 0.29) is 5.82 Å². The van der Waals surface area contributed by atoms with E-state index in [1.807, 2.05) is 30.3 Å². The number of rotatable bonds is 2. The molecule has 2 heterocycles. The van der Waals surface area contributed by atoms with Crippen LogP contribution >= 0.6 is 0 Å². The molecule has 3 aromatic carbocycles. The first-order valence-corrected chi connectivity index (χ1v) is 8.59. The van der Waals surface area contributed by atoms with Gasteiger partial charge in [0.1, 0.15) is 11.5 Å². The molecule has 0 aliphatic rings. The highest BCUT2D eigenvalue weighted by atomic mass is 19.2. The Labute approximate surface area is 157 Å². The summed E-state index contributed by atoms with van der Waals surface area (Å²) < 4.78 is 42.7. The molecule has 0 bridgehead atoms. The van der Waals surface area contributed by atoms with Crippen molar-refractivity contribution in [1.82, 2.24) is 14.8 Å². The zero-order valence-electron chi connectivity index (χ0n) is 14.4. The topological polar surface area (TPSA) is 30.7 Å². The number of hydrogen-bond donors (Lipinski definition) is 0. The molecular weight excluding hydrogens is 363 g/mol. The van der Waals surface area contributed by atoms with Crippen LogP contribution in [0, 0.1) is 17.5 Å². The number of halogens is 3. The Hall–Kier alpha value is -3.67. The van der Waals surface area contributed by atoms with Gasteiger partial charge in [-0.3, -0.25) is 4.98 Å². The predicted octanol–water partition coefficient (Wildman–Crippen LogP) is 5.66. The molecule has 2 aromatic heterocycles. The minimum absolute atomic E-state index is 0.314. The van der Waals surface area contributed by atoms with E-state index in [2.05, 4.69) is 4.98 Å². The van der Waals surface area contributed by atoms with E-state index in [1.165, 1.54) is 12.1 Å². The summed E-state index contributed by atoms with van der Waals surface area (Å²) in [5.41, 5.74) is 3.01. The van der Waals surface area contributed by atoms with Gasteiger partial charge in [-0.05, 0) is 30.3 Å². The van der Waals surface area contributed by atoms with Crippen molar-refractivity contribution in [2.45, 2.75) is 0 Å². The molecule has 136 valence electrons. The van der Waals surface area contributed by atoms with Crippen molar-refractivity contribution >= 4 is 21.8 Å². The molecule has 0 aliphatic heterocycles. The Kier molecular flexibility index (Phi) is 3.65. The first-order chi connectivity index (χ1) is 13.6. The van der Waals surface area contributed by atoms with E-state index in [0.29, 0.717) is 33.2 Å². The van der Waals surface area contributed by atoms with Gasteiger partial charge < -0.3 is 0 Å². The molecular formula is C22H12F3N3. The molecule has 0 radical (unpaired) electrons. The molecule has 0 saturated heterocycles. The summed E-state index contributed by atoms with van der Waals surface area (Å²) in [6, 6.07) is 17.5. The lowest BCUT2D eigenvalue weighted by Crippen LogP contribution is -1.98. The maximum Gasteiger partial charge on any atom is 0.161 e. The summed E-state index contributed by atoms with van der Waals surface area (Å²) in [4.78, 5) is 4.30. The third-order valence-corrected chi connectivity index (χ3v) is 4.67. The Balaban J connectivity index is 1.92. The Morgan fingerprint density at radius 1 is 0.750 bits per heavy atom. The van der Waals surface area contributed by atoms with E-state index in [1.54, 1.807) is 23.0 Å². The average Bonchev–Trinajstić information content (AvgIpc) is 3.10. The van der Waals surface area contributed by atoms with Crippen molar-refractivity contribution in [2.24, 2.45) is 0 Å². The lowest BCUT2D eigenvalue weighted by atomic mass is 10.1. The van der Waals surface area contributed by atoms with Crippen molar-refractivity contribution < 1.29 is 13.2 Å². The lowest BCUT2D eigenvalue weighted by Gasteiger charge is -2.06. The first kappa shape index (κ1) is 16.5. The molecule has 3 nitrogen and oxygen atoms in total. The van der Waals surface area contributed by atoms with E-state index in [9.17, 15) is 13.2 Å². The standard InChI is InChI=1S/C22H12F3N3/c23-14-6-8-15(9-7-14)28-22-16-10-18(24)19(25)11-20(16)26-12-17(22)21(27-28)13-4-2-1-3-5-13/h1-12H. The van der Waals surface area contributed by atoms with Gasteiger partial charge in [0.15, 0.2) is 11.6 Å². The minimum atomic E-state index is -0.963. The highest BCUT2D eigenvalue weighted by Crippen LogP contribution is 2.34. The summed E-state index contributed by atoms with van der Waals surface area (Å²) in [5, 5.41) is 5.81. The largest absolute Gasteiger partial charge is 0.255 e. The van der Waals surface area contributed by atoms with E-state index < -0.39 is 11.6 Å². The first-order valence-electron chi connectivity index (χ1n) is 8.59. The quantitative estimate of drug-likeness (QED) is 0.399. The fourth-order valence-electron chi connectivity index (χ4n) is 3.36. The number of aromatic nitrogens is 3. The third kappa shape index (κ3) is 2.53. The molecule has 5 rings (SSSR count). The molecule has 0 aliphatic carbocycles. The van der Waals surface area contributed by atoms with Crippen molar-refractivity contribution in [2.75, 3.05) is 0 Å². The Bertz CT molecular complexity index is 1330. The summed E-state index contributed by atoms with van der Waals surface area (Å²) in [6.07, 6.45) is 1.60. The highest BCUT2D eigenvalue weighted by molar-refractivity contribution is 6.08. The van der Waals surface area contributed by atoms with Crippen LogP contribution in [0.4, 0.5) is 13.2 Å². The molecule has 0 amide bonds. The number of nitrogens with zero attached hydrogens (tertiary/aromatic N) is 3. The Morgan fingerprint density at radius 3 is 2.21 bits per heavy atom. The van der Waals surface area contributed by atoms with Crippen LogP contribution in [-0.2, 0) is 0 Å².